The van der Waals surface area contributed by atoms with Crippen molar-refractivity contribution in [2.75, 3.05) is 6.54 Å². The fourth-order valence-corrected chi connectivity index (χ4v) is 3.59. The van der Waals surface area contributed by atoms with Gasteiger partial charge in [-0.1, -0.05) is 29.8 Å². The molecule has 1 aliphatic heterocycles. The summed E-state index contributed by atoms with van der Waals surface area (Å²) < 4.78 is 6.49. The van der Waals surface area contributed by atoms with Crippen LogP contribution in [-0.4, -0.2) is 39.7 Å². The van der Waals surface area contributed by atoms with Crippen molar-refractivity contribution in [3.05, 3.63) is 45.9 Å². The molecule has 116 valence electrons. The summed E-state index contributed by atoms with van der Waals surface area (Å²) in [5.41, 5.74) is 0. The molecule has 0 bridgehead atoms. The predicted octanol–water partition coefficient (Wildman–Crippen LogP) is 2.90. The Kier molecular flexibility index (Phi) is 4.61. The molecular formula is C15H15ClN2O3S. The summed E-state index contributed by atoms with van der Waals surface area (Å²) in [5, 5.41) is 10.2. The van der Waals surface area contributed by atoms with Crippen LogP contribution in [0.15, 0.2) is 36.5 Å². The number of likely N-dealkylation sites (tertiary alicyclic amines) is 1. The lowest BCUT2D eigenvalue weighted by Crippen LogP contribution is -2.35. The van der Waals surface area contributed by atoms with Gasteiger partial charge in [-0.3, -0.25) is 9.69 Å². The Labute approximate surface area is 137 Å². The van der Waals surface area contributed by atoms with Gasteiger partial charge in [-0.2, -0.15) is 0 Å². The number of benzene rings is 1. The van der Waals surface area contributed by atoms with Gasteiger partial charge in [0.2, 0.25) is 0 Å². The maximum atomic E-state index is 11.5. The lowest BCUT2D eigenvalue weighted by molar-refractivity contribution is -0.142. The van der Waals surface area contributed by atoms with Crippen LogP contribution in [0.3, 0.4) is 0 Å². The number of hydrogen-bond acceptors (Lipinski definition) is 5. The molecule has 0 saturated carbocycles. The molecule has 1 aromatic heterocycles. The normalized spacial score (nSPS) is 21.9. The summed E-state index contributed by atoms with van der Waals surface area (Å²) in [6.45, 7) is 1.03. The number of carbonyl (C=O) groups is 1. The van der Waals surface area contributed by atoms with E-state index in [-0.39, 0.29) is 6.10 Å². The number of rotatable bonds is 5. The summed E-state index contributed by atoms with van der Waals surface area (Å²) in [5.74, 6) is -0.0717. The summed E-state index contributed by atoms with van der Waals surface area (Å²) in [6, 6.07) is 8.90. The van der Waals surface area contributed by atoms with E-state index in [4.69, 9.17) is 16.3 Å². The average Bonchev–Trinajstić information content (AvgIpc) is 3.07. The van der Waals surface area contributed by atoms with E-state index in [1.54, 1.807) is 6.20 Å². The molecule has 1 aromatic carbocycles. The number of carboxylic acid groups (broad SMARTS) is 1. The molecule has 7 heteroatoms. The topological polar surface area (TPSA) is 62.7 Å². The molecule has 5 nitrogen and oxygen atoms in total. The summed E-state index contributed by atoms with van der Waals surface area (Å²) in [7, 11) is 0. The fraction of sp³-hybridized carbons (Fsp3) is 0.333. The highest BCUT2D eigenvalue weighted by Gasteiger charge is 2.38. The second kappa shape index (κ2) is 6.64. The molecule has 2 aromatic rings. The second-order valence-corrected chi connectivity index (χ2v) is 6.88. The van der Waals surface area contributed by atoms with E-state index < -0.39 is 12.0 Å². The minimum absolute atomic E-state index is 0.140. The summed E-state index contributed by atoms with van der Waals surface area (Å²) in [6.07, 6.45) is 1.91. The Morgan fingerprint density at radius 2 is 2.23 bits per heavy atom. The number of ether oxygens (including phenoxy) is 1. The van der Waals surface area contributed by atoms with Gasteiger partial charge >= 0.3 is 5.97 Å². The van der Waals surface area contributed by atoms with Gasteiger partial charge in [0.05, 0.1) is 12.7 Å². The van der Waals surface area contributed by atoms with Gasteiger partial charge in [0, 0.05) is 13.0 Å². The molecule has 0 unspecified atom stereocenters. The third-order valence-corrected chi connectivity index (χ3v) is 4.66. The number of para-hydroxylation sites is 1. The number of halogens is 1. The molecule has 2 heterocycles. The first-order chi connectivity index (χ1) is 10.6. The van der Waals surface area contributed by atoms with E-state index in [0.717, 1.165) is 10.8 Å². The first-order valence-electron chi connectivity index (χ1n) is 6.90. The molecule has 1 saturated heterocycles. The summed E-state index contributed by atoms with van der Waals surface area (Å²) in [4.78, 5) is 17.5. The molecule has 1 aliphatic rings. The average molecular weight is 339 g/mol. The van der Waals surface area contributed by atoms with Gasteiger partial charge < -0.3 is 9.84 Å². The van der Waals surface area contributed by atoms with E-state index in [1.807, 2.05) is 35.2 Å². The van der Waals surface area contributed by atoms with Crippen molar-refractivity contribution in [2.24, 2.45) is 0 Å². The van der Waals surface area contributed by atoms with Crippen LogP contribution in [0, 0.1) is 0 Å². The SMILES string of the molecule is O=C(O)[C@@H]1C[C@H](Oc2ccccc2)CN1Cc1ncc(Cl)s1. The summed E-state index contributed by atoms with van der Waals surface area (Å²) >= 11 is 7.25. The highest BCUT2D eigenvalue weighted by molar-refractivity contribution is 7.15. The van der Waals surface area contributed by atoms with Gasteiger partial charge in [0.25, 0.3) is 0 Å². The van der Waals surface area contributed by atoms with E-state index >= 15 is 0 Å². The Balaban J connectivity index is 1.68. The van der Waals surface area contributed by atoms with E-state index in [1.165, 1.54) is 11.3 Å². The lowest BCUT2D eigenvalue weighted by atomic mass is 10.2. The van der Waals surface area contributed by atoms with Gasteiger partial charge in [-0.15, -0.1) is 11.3 Å². The van der Waals surface area contributed by atoms with Crippen molar-refractivity contribution in [1.82, 2.24) is 9.88 Å². The molecule has 0 amide bonds. The molecule has 0 spiro atoms. The molecule has 0 aliphatic carbocycles. The lowest BCUT2D eigenvalue weighted by Gasteiger charge is -2.19. The number of aliphatic carboxylic acids is 1. The highest BCUT2D eigenvalue weighted by Crippen LogP contribution is 2.27. The molecule has 1 N–H and O–H groups in total. The zero-order valence-electron chi connectivity index (χ0n) is 11.7. The van der Waals surface area contributed by atoms with Crippen molar-refractivity contribution < 1.29 is 14.6 Å². The van der Waals surface area contributed by atoms with Gasteiger partial charge in [-0.25, -0.2) is 4.98 Å². The minimum atomic E-state index is -0.832. The Hall–Kier alpha value is -1.63. The molecule has 0 radical (unpaired) electrons. The number of carboxylic acids is 1. The maximum Gasteiger partial charge on any atom is 0.321 e. The Morgan fingerprint density at radius 3 is 2.86 bits per heavy atom. The molecule has 1 fully saturated rings. The van der Waals surface area contributed by atoms with Crippen molar-refractivity contribution in [3.63, 3.8) is 0 Å². The van der Waals surface area contributed by atoms with Gasteiger partial charge in [0.1, 0.15) is 27.2 Å². The van der Waals surface area contributed by atoms with Crippen LogP contribution < -0.4 is 4.74 Å². The molecule has 2 atom stereocenters. The monoisotopic (exact) mass is 338 g/mol. The quantitative estimate of drug-likeness (QED) is 0.908. The van der Waals surface area contributed by atoms with Gasteiger partial charge in [-0.05, 0) is 12.1 Å². The number of hydrogen-bond donors (Lipinski definition) is 1. The third kappa shape index (κ3) is 3.58. The van der Waals surface area contributed by atoms with Crippen LogP contribution in [0.1, 0.15) is 11.4 Å². The van der Waals surface area contributed by atoms with E-state index in [9.17, 15) is 9.90 Å². The maximum absolute atomic E-state index is 11.5. The Morgan fingerprint density at radius 1 is 1.45 bits per heavy atom. The standard InChI is InChI=1S/C15H15ClN2O3S/c16-13-7-17-14(22-13)9-18-8-11(6-12(18)15(19)20)21-10-4-2-1-3-5-10/h1-5,7,11-12H,6,8-9H2,(H,19,20)/t11-,12-/m0/s1. The number of thiazole rings is 1. The van der Waals surface area contributed by atoms with Crippen LogP contribution in [0.2, 0.25) is 4.34 Å². The first kappa shape index (κ1) is 15.3. The van der Waals surface area contributed by atoms with E-state index in [2.05, 4.69) is 4.98 Å². The molecule has 22 heavy (non-hydrogen) atoms. The van der Waals surface area contributed by atoms with Crippen LogP contribution in [0.4, 0.5) is 0 Å². The second-order valence-electron chi connectivity index (χ2n) is 5.13. The first-order valence-corrected chi connectivity index (χ1v) is 8.10. The predicted molar refractivity (Wildman–Crippen MR) is 84.4 cm³/mol. The third-order valence-electron chi connectivity index (χ3n) is 3.56. The highest BCUT2D eigenvalue weighted by atomic mass is 35.5. The molecule has 3 rings (SSSR count). The smallest absolute Gasteiger partial charge is 0.321 e. The van der Waals surface area contributed by atoms with Crippen molar-refractivity contribution in [2.45, 2.75) is 25.1 Å². The largest absolute Gasteiger partial charge is 0.489 e. The zero-order valence-corrected chi connectivity index (χ0v) is 13.3. The van der Waals surface area contributed by atoms with Crippen LogP contribution in [0.5, 0.6) is 5.75 Å². The minimum Gasteiger partial charge on any atom is -0.489 e. The Bertz CT molecular complexity index is 649. The fourth-order valence-electron chi connectivity index (χ4n) is 2.60. The zero-order chi connectivity index (χ0) is 15.5. The number of aromatic nitrogens is 1. The van der Waals surface area contributed by atoms with Crippen LogP contribution >= 0.6 is 22.9 Å². The van der Waals surface area contributed by atoms with E-state index in [0.29, 0.717) is 23.8 Å². The van der Waals surface area contributed by atoms with Crippen molar-refractivity contribution in [1.29, 1.82) is 0 Å². The molecular weight excluding hydrogens is 324 g/mol. The van der Waals surface area contributed by atoms with Crippen molar-refractivity contribution >= 4 is 28.9 Å². The van der Waals surface area contributed by atoms with Crippen molar-refractivity contribution in [3.8, 4) is 5.75 Å². The van der Waals surface area contributed by atoms with Crippen LogP contribution in [0.25, 0.3) is 0 Å². The van der Waals surface area contributed by atoms with Crippen LogP contribution in [-0.2, 0) is 11.3 Å². The number of nitrogens with zero attached hydrogens (tertiary/aromatic N) is 2. The van der Waals surface area contributed by atoms with Gasteiger partial charge in [0.15, 0.2) is 0 Å².